The average molecular weight is 313 g/mol. The van der Waals surface area contributed by atoms with E-state index in [0.29, 0.717) is 12.1 Å². The van der Waals surface area contributed by atoms with Crippen LogP contribution in [0, 0.1) is 0 Å². The zero-order valence-corrected chi connectivity index (χ0v) is 13.8. The zero-order chi connectivity index (χ0) is 16.0. The Morgan fingerprint density at radius 1 is 1.13 bits per heavy atom. The van der Waals surface area contributed by atoms with Crippen LogP contribution in [0.25, 0.3) is 11.0 Å². The highest BCUT2D eigenvalue weighted by Crippen LogP contribution is 2.30. The maximum atomic E-state index is 13.0. The van der Waals surface area contributed by atoms with Crippen LogP contribution in [0.4, 0.5) is 0 Å². The molecule has 2 fully saturated rings. The molecule has 1 aromatic heterocycles. The Morgan fingerprint density at radius 2 is 1.91 bits per heavy atom. The summed E-state index contributed by atoms with van der Waals surface area (Å²) < 4.78 is 1.73. The third-order valence-corrected chi connectivity index (χ3v) is 5.44. The Labute approximate surface area is 136 Å². The van der Waals surface area contributed by atoms with Crippen molar-refractivity contribution in [3.8, 4) is 0 Å². The van der Waals surface area contributed by atoms with Crippen LogP contribution >= 0.6 is 0 Å². The van der Waals surface area contributed by atoms with Crippen LogP contribution < -0.4 is 0 Å². The molecule has 6 heteroatoms. The van der Waals surface area contributed by atoms with E-state index in [1.54, 1.807) is 4.68 Å². The molecule has 0 saturated carbocycles. The topological polar surface area (TPSA) is 54.3 Å². The van der Waals surface area contributed by atoms with E-state index >= 15 is 0 Å². The van der Waals surface area contributed by atoms with Gasteiger partial charge in [0, 0.05) is 31.2 Å². The number of carbonyl (C=O) groups excluding carboxylic acids is 1. The molecular weight excluding hydrogens is 290 g/mol. The summed E-state index contributed by atoms with van der Waals surface area (Å²) in [5.74, 6) is 0.139. The SMILES string of the molecule is CN1CCC[C@@H]1[C@H]1CCCN1C(=O)c1ccc2c(c1)nnn2C. The lowest BCUT2D eigenvalue weighted by molar-refractivity contribution is 0.0664. The van der Waals surface area contributed by atoms with Crippen molar-refractivity contribution in [3.05, 3.63) is 23.8 Å². The van der Waals surface area contributed by atoms with Gasteiger partial charge >= 0.3 is 0 Å². The van der Waals surface area contributed by atoms with Crippen molar-refractivity contribution in [3.63, 3.8) is 0 Å². The summed E-state index contributed by atoms with van der Waals surface area (Å²) >= 11 is 0. The van der Waals surface area contributed by atoms with Gasteiger partial charge in [-0.1, -0.05) is 5.21 Å². The predicted octanol–water partition coefficient (Wildman–Crippen LogP) is 1.67. The molecule has 0 aliphatic carbocycles. The number of hydrogen-bond donors (Lipinski definition) is 0. The van der Waals surface area contributed by atoms with Gasteiger partial charge in [0.2, 0.25) is 0 Å². The molecule has 4 rings (SSSR count). The number of aryl methyl sites for hydroxylation is 1. The molecule has 0 unspecified atom stereocenters. The first-order chi connectivity index (χ1) is 11.1. The predicted molar refractivity (Wildman–Crippen MR) is 88.2 cm³/mol. The number of aromatic nitrogens is 3. The van der Waals surface area contributed by atoms with Gasteiger partial charge in [-0.2, -0.15) is 0 Å². The van der Waals surface area contributed by atoms with Gasteiger partial charge in [0.05, 0.1) is 5.52 Å². The molecule has 2 aliphatic rings. The molecule has 1 aromatic carbocycles. The molecule has 0 bridgehead atoms. The van der Waals surface area contributed by atoms with Gasteiger partial charge < -0.3 is 9.80 Å². The zero-order valence-electron chi connectivity index (χ0n) is 13.8. The van der Waals surface area contributed by atoms with Crippen molar-refractivity contribution in [1.82, 2.24) is 24.8 Å². The maximum Gasteiger partial charge on any atom is 0.254 e. The molecule has 0 N–H and O–H groups in total. The van der Waals surface area contributed by atoms with E-state index in [2.05, 4.69) is 27.2 Å². The number of carbonyl (C=O) groups is 1. The van der Waals surface area contributed by atoms with Crippen molar-refractivity contribution < 1.29 is 4.79 Å². The molecule has 1 amide bonds. The first-order valence-electron chi connectivity index (χ1n) is 8.46. The van der Waals surface area contributed by atoms with E-state index in [0.717, 1.165) is 42.5 Å². The standard InChI is InChI=1S/C17H23N5O/c1-20-9-3-5-15(20)16-6-4-10-22(16)17(23)12-7-8-14-13(11-12)18-19-21(14)2/h7-8,11,15-16H,3-6,9-10H2,1-2H3/t15-,16-/m1/s1. The number of fused-ring (bicyclic) bond motifs is 1. The van der Waals surface area contributed by atoms with Crippen LogP contribution in [0.1, 0.15) is 36.0 Å². The van der Waals surface area contributed by atoms with Gasteiger partial charge in [-0.05, 0) is 57.5 Å². The highest BCUT2D eigenvalue weighted by molar-refractivity contribution is 5.97. The number of rotatable bonds is 2. The van der Waals surface area contributed by atoms with Crippen LogP contribution in [0.15, 0.2) is 18.2 Å². The van der Waals surface area contributed by atoms with Crippen LogP contribution in [0.2, 0.25) is 0 Å². The minimum Gasteiger partial charge on any atom is -0.334 e. The van der Waals surface area contributed by atoms with E-state index in [9.17, 15) is 4.79 Å². The molecule has 0 spiro atoms. The lowest BCUT2D eigenvalue weighted by atomic mass is 10.0. The minimum absolute atomic E-state index is 0.139. The lowest BCUT2D eigenvalue weighted by Crippen LogP contribution is -2.47. The molecule has 122 valence electrons. The van der Waals surface area contributed by atoms with Gasteiger partial charge in [-0.25, -0.2) is 4.68 Å². The number of amides is 1. The number of benzene rings is 1. The summed E-state index contributed by atoms with van der Waals surface area (Å²) in [4.78, 5) is 17.5. The minimum atomic E-state index is 0.139. The largest absolute Gasteiger partial charge is 0.334 e. The normalized spacial score (nSPS) is 25.6. The number of nitrogens with zero attached hydrogens (tertiary/aromatic N) is 5. The van der Waals surface area contributed by atoms with E-state index in [4.69, 9.17) is 0 Å². The maximum absolute atomic E-state index is 13.0. The smallest absolute Gasteiger partial charge is 0.254 e. The number of likely N-dealkylation sites (tertiary alicyclic amines) is 2. The van der Waals surface area contributed by atoms with Crippen LogP contribution in [-0.4, -0.2) is 62.9 Å². The number of likely N-dealkylation sites (N-methyl/N-ethyl adjacent to an activating group) is 1. The molecule has 23 heavy (non-hydrogen) atoms. The first kappa shape index (κ1) is 14.6. The highest BCUT2D eigenvalue weighted by atomic mass is 16.2. The second-order valence-electron chi connectivity index (χ2n) is 6.81. The molecule has 2 aliphatic heterocycles. The highest BCUT2D eigenvalue weighted by Gasteiger charge is 2.38. The second kappa shape index (κ2) is 5.60. The number of hydrogen-bond acceptors (Lipinski definition) is 4. The summed E-state index contributed by atoms with van der Waals surface area (Å²) in [5, 5.41) is 8.15. The fraction of sp³-hybridized carbons (Fsp3) is 0.588. The van der Waals surface area contributed by atoms with Crippen molar-refractivity contribution in [2.24, 2.45) is 7.05 Å². The summed E-state index contributed by atoms with van der Waals surface area (Å²) in [7, 11) is 4.05. The van der Waals surface area contributed by atoms with Gasteiger partial charge in [0.25, 0.3) is 5.91 Å². The fourth-order valence-corrected chi connectivity index (χ4v) is 4.21. The van der Waals surface area contributed by atoms with Crippen molar-refractivity contribution in [1.29, 1.82) is 0 Å². The van der Waals surface area contributed by atoms with Crippen molar-refractivity contribution in [2.45, 2.75) is 37.8 Å². The van der Waals surface area contributed by atoms with E-state index < -0.39 is 0 Å². The van der Waals surface area contributed by atoms with Gasteiger partial charge in [-0.3, -0.25) is 4.79 Å². The lowest BCUT2D eigenvalue weighted by Gasteiger charge is -2.33. The molecule has 6 nitrogen and oxygen atoms in total. The summed E-state index contributed by atoms with van der Waals surface area (Å²) in [6.45, 7) is 2.01. The van der Waals surface area contributed by atoms with Gasteiger partial charge in [0.1, 0.15) is 5.52 Å². The molecule has 2 aromatic rings. The fourth-order valence-electron chi connectivity index (χ4n) is 4.21. The third kappa shape index (κ3) is 2.41. The Kier molecular flexibility index (Phi) is 3.56. The molecular formula is C17H23N5O. The van der Waals surface area contributed by atoms with E-state index in [-0.39, 0.29) is 5.91 Å². The Hall–Kier alpha value is -1.95. The van der Waals surface area contributed by atoms with Crippen LogP contribution in [0.5, 0.6) is 0 Å². The Morgan fingerprint density at radius 3 is 2.70 bits per heavy atom. The summed E-state index contributed by atoms with van der Waals surface area (Å²) in [6, 6.07) is 6.59. The summed E-state index contributed by atoms with van der Waals surface area (Å²) in [5.41, 5.74) is 2.47. The first-order valence-corrected chi connectivity index (χ1v) is 8.46. The van der Waals surface area contributed by atoms with E-state index in [1.807, 2.05) is 25.2 Å². The van der Waals surface area contributed by atoms with Crippen molar-refractivity contribution in [2.75, 3.05) is 20.1 Å². The van der Waals surface area contributed by atoms with Crippen molar-refractivity contribution >= 4 is 16.9 Å². The second-order valence-corrected chi connectivity index (χ2v) is 6.81. The van der Waals surface area contributed by atoms with Gasteiger partial charge in [0.15, 0.2) is 0 Å². The van der Waals surface area contributed by atoms with Gasteiger partial charge in [-0.15, -0.1) is 5.10 Å². The Bertz CT molecular complexity index is 740. The monoisotopic (exact) mass is 313 g/mol. The average Bonchev–Trinajstić information content (AvgIpc) is 3.26. The molecule has 2 atom stereocenters. The third-order valence-electron chi connectivity index (χ3n) is 5.44. The molecule has 3 heterocycles. The van der Waals surface area contributed by atoms with E-state index in [1.165, 1.54) is 12.8 Å². The summed E-state index contributed by atoms with van der Waals surface area (Å²) in [6.07, 6.45) is 4.67. The quantitative estimate of drug-likeness (QED) is 0.846. The molecule has 2 saturated heterocycles. The van der Waals surface area contributed by atoms with Crippen LogP contribution in [-0.2, 0) is 7.05 Å². The van der Waals surface area contributed by atoms with Crippen LogP contribution in [0.3, 0.4) is 0 Å². The molecule has 0 radical (unpaired) electrons. The Balaban J connectivity index is 1.61.